The molecule has 1 aliphatic rings. The van der Waals surface area contributed by atoms with Crippen LogP contribution >= 0.6 is 24.0 Å². The summed E-state index contributed by atoms with van der Waals surface area (Å²) >= 11 is 6.65. The van der Waals surface area contributed by atoms with E-state index in [1.165, 1.54) is 11.8 Å². The molecule has 1 amide bonds. The lowest BCUT2D eigenvalue weighted by molar-refractivity contribution is -0.122. The Kier molecular flexibility index (Phi) is 7.12. The number of rotatable bonds is 8. The topological polar surface area (TPSA) is 38.8 Å². The first-order chi connectivity index (χ1) is 11.6. The smallest absolute Gasteiger partial charge is 0.266 e. The van der Waals surface area contributed by atoms with Crippen LogP contribution in [0.4, 0.5) is 0 Å². The van der Waals surface area contributed by atoms with Gasteiger partial charge in [0.05, 0.1) is 18.1 Å². The van der Waals surface area contributed by atoms with Crippen molar-refractivity contribution in [1.82, 2.24) is 4.90 Å². The molecule has 0 bridgehead atoms. The minimum Gasteiger partial charge on any atom is -0.490 e. The van der Waals surface area contributed by atoms with E-state index in [0.29, 0.717) is 34.7 Å². The lowest BCUT2D eigenvalue weighted by atomic mass is 10.2. The van der Waals surface area contributed by atoms with Crippen LogP contribution in [0.1, 0.15) is 39.2 Å². The first kappa shape index (κ1) is 18.8. The average molecular weight is 366 g/mol. The first-order valence-electron chi connectivity index (χ1n) is 8.25. The Labute approximate surface area is 153 Å². The maximum atomic E-state index is 12.4. The Morgan fingerprint density at radius 3 is 2.62 bits per heavy atom. The van der Waals surface area contributed by atoms with Crippen molar-refractivity contribution in [2.24, 2.45) is 0 Å². The van der Waals surface area contributed by atoms with E-state index in [-0.39, 0.29) is 5.91 Å². The van der Waals surface area contributed by atoms with Gasteiger partial charge in [-0.15, -0.1) is 0 Å². The Hall–Kier alpha value is -1.53. The van der Waals surface area contributed by atoms with Crippen LogP contribution in [-0.2, 0) is 4.79 Å². The lowest BCUT2D eigenvalue weighted by Crippen LogP contribution is -2.28. The minimum absolute atomic E-state index is 0.0175. The summed E-state index contributed by atoms with van der Waals surface area (Å²) in [4.78, 5) is 14.7. The quantitative estimate of drug-likeness (QED) is 0.501. The highest BCUT2D eigenvalue weighted by molar-refractivity contribution is 8.26. The monoisotopic (exact) mass is 365 g/mol. The minimum atomic E-state index is -0.0175. The van der Waals surface area contributed by atoms with Crippen LogP contribution in [0.25, 0.3) is 6.08 Å². The van der Waals surface area contributed by atoms with E-state index >= 15 is 0 Å². The van der Waals surface area contributed by atoms with Crippen molar-refractivity contribution in [3.63, 3.8) is 0 Å². The van der Waals surface area contributed by atoms with E-state index in [2.05, 4.69) is 6.92 Å². The molecule has 130 valence electrons. The largest absolute Gasteiger partial charge is 0.490 e. The van der Waals surface area contributed by atoms with Gasteiger partial charge in [0.25, 0.3) is 5.91 Å². The highest BCUT2D eigenvalue weighted by Crippen LogP contribution is 2.35. The highest BCUT2D eigenvalue weighted by Gasteiger charge is 2.31. The van der Waals surface area contributed by atoms with Crippen molar-refractivity contribution in [3.05, 3.63) is 28.7 Å². The van der Waals surface area contributed by atoms with Crippen molar-refractivity contribution in [3.8, 4) is 11.5 Å². The van der Waals surface area contributed by atoms with E-state index in [1.54, 1.807) is 4.90 Å². The van der Waals surface area contributed by atoms with Crippen LogP contribution in [-0.4, -0.2) is 34.9 Å². The van der Waals surface area contributed by atoms with Gasteiger partial charge in [0, 0.05) is 6.54 Å². The standard InChI is InChI=1S/C18H23NO3S2/c1-4-9-19-17(20)16(24-18(19)23)12-13-7-8-14(22-10-5-2)15(11-13)21-6-3/h7-8,11-12H,4-6,9-10H2,1-3H3/b16-12+. The molecule has 4 nitrogen and oxygen atoms in total. The molecular formula is C18H23NO3S2. The molecule has 24 heavy (non-hydrogen) atoms. The number of benzene rings is 1. The van der Waals surface area contributed by atoms with Gasteiger partial charge in [-0.1, -0.05) is 43.9 Å². The second-order valence-corrected chi connectivity index (χ2v) is 7.00. The predicted molar refractivity (Wildman–Crippen MR) is 104 cm³/mol. The molecule has 1 aromatic carbocycles. The van der Waals surface area contributed by atoms with Gasteiger partial charge in [-0.25, -0.2) is 0 Å². The number of hydrogen-bond donors (Lipinski definition) is 0. The number of carbonyl (C=O) groups is 1. The Balaban J connectivity index is 2.24. The molecule has 1 heterocycles. The fourth-order valence-electron chi connectivity index (χ4n) is 2.28. The number of hydrogen-bond acceptors (Lipinski definition) is 5. The first-order valence-corrected chi connectivity index (χ1v) is 9.48. The maximum Gasteiger partial charge on any atom is 0.266 e. The molecule has 1 aliphatic heterocycles. The lowest BCUT2D eigenvalue weighted by Gasteiger charge is -2.12. The van der Waals surface area contributed by atoms with Gasteiger partial charge in [-0.3, -0.25) is 9.69 Å². The van der Waals surface area contributed by atoms with E-state index < -0.39 is 0 Å². The number of thioether (sulfide) groups is 1. The van der Waals surface area contributed by atoms with Crippen LogP contribution in [0, 0.1) is 0 Å². The van der Waals surface area contributed by atoms with Crippen molar-refractivity contribution in [2.45, 2.75) is 33.6 Å². The summed E-state index contributed by atoms with van der Waals surface area (Å²) in [6.07, 6.45) is 3.69. The Morgan fingerprint density at radius 2 is 1.96 bits per heavy atom. The third kappa shape index (κ3) is 4.51. The highest BCUT2D eigenvalue weighted by atomic mass is 32.2. The van der Waals surface area contributed by atoms with E-state index in [0.717, 1.165) is 24.2 Å². The molecule has 0 aliphatic carbocycles. The van der Waals surface area contributed by atoms with Crippen LogP contribution in [0.5, 0.6) is 11.5 Å². The summed E-state index contributed by atoms with van der Waals surface area (Å²) in [6.45, 7) is 7.90. The van der Waals surface area contributed by atoms with Gasteiger partial charge in [0.2, 0.25) is 0 Å². The Morgan fingerprint density at radius 1 is 1.17 bits per heavy atom. The van der Waals surface area contributed by atoms with Gasteiger partial charge >= 0.3 is 0 Å². The van der Waals surface area contributed by atoms with Crippen molar-refractivity contribution >= 4 is 40.3 Å². The summed E-state index contributed by atoms with van der Waals surface area (Å²) in [5.41, 5.74) is 0.902. The van der Waals surface area contributed by atoms with Crippen molar-refractivity contribution < 1.29 is 14.3 Å². The van der Waals surface area contributed by atoms with Gasteiger partial charge in [-0.05, 0) is 43.5 Å². The van der Waals surface area contributed by atoms with Crippen molar-refractivity contribution in [2.75, 3.05) is 19.8 Å². The zero-order valence-corrected chi connectivity index (χ0v) is 16.0. The molecule has 1 fully saturated rings. The number of carbonyl (C=O) groups excluding carboxylic acids is 1. The summed E-state index contributed by atoms with van der Waals surface area (Å²) in [5, 5.41) is 0. The number of thiocarbonyl (C=S) groups is 1. The molecule has 0 aromatic heterocycles. The number of amides is 1. The fourth-order valence-corrected chi connectivity index (χ4v) is 3.59. The zero-order valence-electron chi connectivity index (χ0n) is 14.3. The summed E-state index contributed by atoms with van der Waals surface area (Å²) in [7, 11) is 0. The molecule has 1 aromatic rings. The third-order valence-electron chi connectivity index (χ3n) is 3.35. The van der Waals surface area contributed by atoms with E-state index in [9.17, 15) is 4.79 Å². The summed E-state index contributed by atoms with van der Waals surface area (Å²) < 4.78 is 12.0. The number of nitrogens with zero attached hydrogens (tertiary/aromatic N) is 1. The second kappa shape index (κ2) is 9.08. The van der Waals surface area contributed by atoms with Crippen LogP contribution in [0.3, 0.4) is 0 Å². The van der Waals surface area contributed by atoms with Crippen LogP contribution in [0.2, 0.25) is 0 Å². The maximum absolute atomic E-state index is 12.4. The van der Waals surface area contributed by atoms with E-state index in [4.69, 9.17) is 21.7 Å². The van der Waals surface area contributed by atoms with Crippen LogP contribution < -0.4 is 9.47 Å². The van der Waals surface area contributed by atoms with Gasteiger partial charge in [-0.2, -0.15) is 0 Å². The molecule has 1 saturated heterocycles. The normalized spacial score (nSPS) is 16.1. The molecular weight excluding hydrogens is 342 g/mol. The second-order valence-electron chi connectivity index (χ2n) is 5.32. The average Bonchev–Trinajstić information content (AvgIpc) is 2.82. The third-order valence-corrected chi connectivity index (χ3v) is 4.73. The molecule has 0 N–H and O–H groups in total. The van der Waals surface area contributed by atoms with Gasteiger partial charge < -0.3 is 9.47 Å². The Bertz CT molecular complexity index is 643. The molecule has 6 heteroatoms. The van der Waals surface area contributed by atoms with Gasteiger partial charge in [0.1, 0.15) is 4.32 Å². The zero-order chi connectivity index (χ0) is 17.5. The SMILES string of the molecule is CCCOc1ccc(/C=C2/SC(=S)N(CCC)C2=O)cc1OCC. The molecule has 0 radical (unpaired) electrons. The summed E-state index contributed by atoms with van der Waals surface area (Å²) in [6, 6.07) is 5.72. The predicted octanol–water partition coefficient (Wildman–Crippen LogP) is 4.49. The molecule has 0 atom stereocenters. The number of ether oxygens (including phenoxy) is 2. The van der Waals surface area contributed by atoms with E-state index in [1.807, 2.05) is 38.1 Å². The van der Waals surface area contributed by atoms with Gasteiger partial charge in [0.15, 0.2) is 11.5 Å². The fraction of sp³-hybridized carbons (Fsp3) is 0.444. The molecule has 0 unspecified atom stereocenters. The molecule has 2 rings (SSSR count). The molecule has 0 saturated carbocycles. The molecule has 0 spiro atoms. The van der Waals surface area contributed by atoms with Crippen molar-refractivity contribution in [1.29, 1.82) is 0 Å². The summed E-state index contributed by atoms with van der Waals surface area (Å²) in [5.74, 6) is 1.41. The van der Waals surface area contributed by atoms with Crippen LogP contribution in [0.15, 0.2) is 23.1 Å².